The van der Waals surface area contributed by atoms with E-state index in [-0.39, 0.29) is 12.4 Å². The summed E-state index contributed by atoms with van der Waals surface area (Å²) in [6.45, 7) is 10.8. The number of carbonyl (C=O) groups excluding carboxylic acids is 2. The van der Waals surface area contributed by atoms with Crippen molar-refractivity contribution in [2.24, 2.45) is 9.98 Å². The molecule has 3 aromatic rings. The molecule has 0 amide bonds. The van der Waals surface area contributed by atoms with E-state index < -0.39 is 5.97 Å². The summed E-state index contributed by atoms with van der Waals surface area (Å²) >= 11 is 0. The molecule has 8 heteroatoms. The van der Waals surface area contributed by atoms with E-state index in [9.17, 15) is 9.59 Å². The Morgan fingerprint density at radius 2 is 1.25 bits per heavy atom. The molecule has 0 radical (unpaired) electrons. The molecule has 0 saturated heterocycles. The van der Waals surface area contributed by atoms with Crippen LogP contribution in [0, 0.1) is 6.92 Å². The van der Waals surface area contributed by atoms with Crippen LogP contribution in [0.4, 0.5) is 11.4 Å². The molecular weight excluding hydrogens is 556 g/mol. The van der Waals surface area contributed by atoms with Crippen molar-refractivity contribution in [3.05, 3.63) is 109 Å². The highest BCUT2D eigenvalue weighted by Crippen LogP contribution is 2.24. The van der Waals surface area contributed by atoms with E-state index >= 15 is 0 Å². The molecule has 0 unspecified atom stereocenters. The van der Waals surface area contributed by atoms with Crippen LogP contribution in [0.15, 0.2) is 102 Å². The lowest BCUT2D eigenvalue weighted by molar-refractivity contribution is -0.142. The quantitative estimate of drug-likeness (QED) is 0.0463. The van der Waals surface area contributed by atoms with Gasteiger partial charge in [0.05, 0.1) is 44.2 Å². The molecule has 0 bridgehead atoms. The Hall–Kier alpha value is -4.98. The number of rotatable bonds is 19. The fourth-order valence-corrected chi connectivity index (χ4v) is 3.84. The maximum absolute atomic E-state index is 11.3. The molecule has 44 heavy (non-hydrogen) atoms. The number of aryl methyl sites for hydroxylation is 1. The average molecular weight is 597 g/mol. The number of carbonyl (C=O) groups is 2. The van der Waals surface area contributed by atoms with Crippen molar-refractivity contribution in [3.8, 4) is 11.5 Å². The summed E-state index contributed by atoms with van der Waals surface area (Å²) in [6, 6.07) is 21.4. The lowest BCUT2D eigenvalue weighted by Gasteiger charge is -2.07. The molecule has 0 atom stereocenters. The first-order valence-corrected chi connectivity index (χ1v) is 14.7. The van der Waals surface area contributed by atoms with Crippen molar-refractivity contribution in [1.82, 2.24) is 0 Å². The highest BCUT2D eigenvalue weighted by Gasteiger charge is 2.02. The number of ether oxygens (including phenoxy) is 4. The Kier molecular flexibility index (Phi) is 14.7. The maximum Gasteiger partial charge on any atom is 0.330 e. The Labute approximate surface area is 259 Å². The standard InChI is InChI=1S/C36H40N2O6/c1-4-10-36(40)44-24-9-7-22-42-32-16-11-29(12-17-32)26-37-31-15-20-34(28(3)25-31)38-27-30-13-18-33(19-14-30)41-21-6-8-23-43-35(39)5-2/h4-5,11-20,25-27H,1-2,6-10,21-24H2,3H3. The molecule has 0 aliphatic rings. The van der Waals surface area contributed by atoms with Gasteiger partial charge >= 0.3 is 11.9 Å². The topological polar surface area (TPSA) is 95.8 Å². The third-order valence-electron chi connectivity index (χ3n) is 6.26. The first-order valence-electron chi connectivity index (χ1n) is 14.7. The number of nitrogens with zero attached hydrogens (tertiary/aromatic N) is 2. The lowest BCUT2D eigenvalue weighted by atomic mass is 10.1. The van der Waals surface area contributed by atoms with Gasteiger partial charge in [0.2, 0.25) is 0 Å². The first kappa shape index (κ1) is 33.5. The van der Waals surface area contributed by atoms with Crippen molar-refractivity contribution in [3.63, 3.8) is 0 Å². The van der Waals surface area contributed by atoms with Crippen LogP contribution in [0.1, 0.15) is 48.8 Å². The molecule has 0 saturated carbocycles. The Morgan fingerprint density at radius 1 is 0.705 bits per heavy atom. The van der Waals surface area contributed by atoms with Gasteiger partial charge in [-0.15, -0.1) is 6.58 Å². The number of benzene rings is 3. The van der Waals surface area contributed by atoms with E-state index in [0.717, 1.165) is 71.3 Å². The average Bonchev–Trinajstić information content (AvgIpc) is 3.04. The third kappa shape index (κ3) is 12.9. The molecule has 3 rings (SSSR count). The second-order valence-corrected chi connectivity index (χ2v) is 9.82. The van der Waals surface area contributed by atoms with Gasteiger partial charge in [-0.25, -0.2) is 4.79 Å². The fourth-order valence-electron chi connectivity index (χ4n) is 3.84. The van der Waals surface area contributed by atoms with Crippen LogP contribution in [0.5, 0.6) is 11.5 Å². The number of unbranched alkanes of at least 4 members (excludes halogenated alkanes) is 2. The summed E-state index contributed by atoms with van der Waals surface area (Å²) in [5, 5.41) is 0. The van der Waals surface area contributed by atoms with Gasteiger partial charge in [-0.2, -0.15) is 0 Å². The summed E-state index contributed by atoms with van der Waals surface area (Å²) in [4.78, 5) is 31.6. The van der Waals surface area contributed by atoms with Gasteiger partial charge in [0.15, 0.2) is 0 Å². The summed E-state index contributed by atoms with van der Waals surface area (Å²) in [6.07, 6.45) is 9.65. The minimum Gasteiger partial charge on any atom is -0.494 e. The van der Waals surface area contributed by atoms with Crippen molar-refractivity contribution in [2.75, 3.05) is 26.4 Å². The SMILES string of the molecule is C=CCC(=O)OCCCCOc1ccc(C=Nc2ccc(N=Cc3ccc(OCCCCOC(=O)C=C)cc3)c(C)c2)cc1. The largest absolute Gasteiger partial charge is 0.494 e. The highest BCUT2D eigenvalue weighted by molar-refractivity contribution is 5.84. The normalized spacial score (nSPS) is 10.9. The molecular formula is C36H40N2O6. The van der Waals surface area contributed by atoms with E-state index in [1.54, 1.807) is 0 Å². The molecule has 8 nitrogen and oxygen atoms in total. The number of aliphatic imine (C=N–C) groups is 2. The van der Waals surface area contributed by atoms with E-state index in [1.807, 2.05) is 86.1 Å². The zero-order valence-electron chi connectivity index (χ0n) is 25.3. The molecule has 3 aromatic carbocycles. The van der Waals surface area contributed by atoms with Gasteiger partial charge in [0.1, 0.15) is 11.5 Å². The monoisotopic (exact) mass is 596 g/mol. The van der Waals surface area contributed by atoms with Gasteiger partial charge < -0.3 is 18.9 Å². The predicted molar refractivity (Wildman–Crippen MR) is 175 cm³/mol. The summed E-state index contributed by atoms with van der Waals surface area (Å²) in [5.41, 5.74) is 4.67. The van der Waals surface area contributed by atoms with Crippen LogP contribution in [-0.2, 0) is 19.1 Å². The van der Waals surface area contributed by atoms with Crippen molar-refractivity contribution in [1.29, 1.82) is 0 Å². The summed E-state index contributed by atoms with van der Waals surface area (Å²) in [7, 11) is 0. The van der Waals surface area contributed by atoms with Crippen LogP contribution in [0.3, 0.4) is 0 Å². The second kappa shape index (κ2) is 19.3. The van der Waals surface area contributed by atoms with E-state index in [1.165, 1.54) is 6.08 Å². The van der Waals surface area contributed by atoms with Gasteiger partial charge in [0, 0.05) is 18.5 Å². The third-order valence-corrected chi connectivity index (χ3v) is 6.26. The van der Waals surface area contributed by atoms with Crippen LogP contribution < -0.4 is 9.47 Å². The number of hydrogen-bond acceptors (Lipinski definition) is 8. The molecule has 0 aromatic heterocycles. The maximum atomic E-state index is 11.3. The van der Waals surface area contributed by atoms with Crippen LogP contribution in [-0.4, -0.2) is 50.8 Å². The summed E-state index contributed by atoms with van der Waals surface area (Å²) in [5.74, 6) is 0.909. The van der Waals surface area contributed by atoms with Crippen LogP contribution >= 0.6 is 0 Å². The van der Waals surface area contributed by atoms with Crippen molar-refractivity contribution < 1.29 is 28.5 Å². The highest BCUT2D eigenvalue weighted by atomic mass is 16.5. The fraction of sp³-hybridized carbons (Fsp3) is 0.278. The zero-order valence-corrected chi connectivity index (χ0v) is 25.3. The second-order valence-electron chi connectivity index (χ2n) is 9.82. The van der Waals surface area contributed by atoms with Gasteiger partial charge in [-0.3, -0.25) is 14.8 Å². The zero-order chi connectivity index (χ0) is 31.4. The minimum atomic E-state index is -0.403. The van der Waals surface area contributed by atoms with E-state index in [4.69, 9.17) is 18.9 Å². The number of hydrogen-bond donors (Lipinski definition) is 0. The number of esters is 2. The van der Waals surface area contributed by atoms with E-state index in [0.29, 0.717) is 26.4 Å². The van der Waals surface area contributed by atoms with Crippen LogP contribution in [0.25, 0.3) is 0 Å². The van der Waals surface area contributed by atoms with Gasteiger partial charge in [-0.05, 0) is 116 Å². The lowest BCUT2D eigenvalue weighted by Crippen LogP contribution is -2.06. The molecule has 0 aliphatic heterocycles. The summed E-state index contributed by atoms with van der Waals surface area (Å²) < 4.78 is 21.6. The first-order chi connectivity index (χ1) is 21.5. The molecule has 0 fully saturated rings. The van der Waals surface area contributed by atoms with Crippen molar-refractivity contribution in [2.45, 2.75) is 39.0 Å². The Balaban J connectivity index is 1.39. The molecule has 0 heterocycles. The van der Waals surface area contributed by atoms with Crippen molar-refractivity contribution >= 4 is 35.7 Å². The molecule has 0 aliphatic carbocycles. The molecule has 0 N–H and O–H groups in total. The van der Waals surface area contributed by atoms with Gasteiger partial charge in [0.25, 0.3) is 0 Å². The van der Waals surface area contributed by atoms with Crippen LogP contribution in [0.2, 0.25) is 0 Å². The molecule has 0 spiro atoms. The predicted octanol–water partition coefficient (Wildman–Crippen LogP) is 7.66. The van der Waals surface area contributed by atoms with Gasteiger partial charge in [-0.1, -0.05) is 12.7 Å². The van der Waals surface area contributed by atoms with E-state index in [2.05, 4.69) is 23.1 Å². The minimum absolute atomic E-state index is 0.238. The molecule has 230 valence electrons. The Morgan fingerprint density at radius 3 is 1.80 bits per heavy atom. The Bertz CT molecular complexity index is 1410. The smallest absolute Gasteiger partial charge is 0.330 e.